The highest BCUT2D eigenvalue weighted by Crippen LogP contribution is 2.46. The minimum Gasteiger partial charge on any atom is -0.497 e. The van der Waals surface area contributed by atoms with Gasteiger partial charge in [0.15, 0.2) is 0 Å². The van der Waals surface area contributed by atoms with E-state index >= 15 is 0 Å². The van der Waals surface area contributed by atoms with Crippen LogP contribution in [0.15, 0.2) is 18.2 Å². The lowest BCUT2D eigenvalue weighted by molar-refractivity contribution is -0.129. The number of ether oxygens (including phenoxy) is 2. The maximum Gasteiger partial charge on any atom is 0.223 e. The zero-order valence-electron chi connectivity index (χ0n) is 18.8. The van der Waals surface area contributed by atoms with E-state index in [2.05, 4.69) is 19.2 Å². The number of likely N-dealkylation sites (tertiary alicyclic amines) is 1. The standard InChI is InChI=1S/C24H36N2O4/c1-5-6-7-8-23(27)25-14-20-16(2)11-21-19(20)13-24(28)26(21)15-17-9-10-18(29-3)12-22(17)30-4/h9-10,12,16,19-21H,5-8,11,13-15H2,1-4H3,(H,25,27)/t16-,19-,20+,21+/m0/s1. The normalized spacial score (nSPS) is 25.3. The van der Waals surface area contributed by atoms with Gasteiger partial charge in [0.1, 0.15) is 11.5 Å². The summed E-state index contributed by atoms with van der Waals surface area (Å²) in [5.41, 5.74) is 0.993. The van der Waals surface area contributed by atoms with Gasteiger partial charge in [-0.15, -0.1) is 0 Å². The van der Waals surface area contributed by atoms with E-state index < -0.39 is 0 Å². The van der Waals surface area contributed by atoms with Gasteiger partial charge in [-0.1, -0.05) is 26.7 Å². The van der Waals surface area contributed by atoms with Gasteiger partial charge in [0.2, 0.25) is 11.8 Å². The van der Waals surface area contributed by atoms with Crippen molar-refractivity contribution in [2.45, 2.75) is 65.0 Å². The first-order chi connectivity index (χ1) is 14.5. The van der Waals surface area contributed by atoms with E-state index in [0.29, 0.717) is 43.7 Å². The van der Waals surface area contributed by atoms with Crippen molar-refractivity contribution in [2.24, 2.45) is 17.8 Å². The Morgan fingerprint density at radius 3 is 2.73 bits per heavy atom. The largest absolute Gasteiger partial charge is 0.497 e. The second-order valence-electron chi connectivity index (χ2n) is 8.77. The summed E-state index contributed by atoms with van der Waals surface area (Å²) in [5, 5.41) is 3.13. The van der Waals surface area contributed by atoms with E-state index in [-0.39, 0.29) is 17.9 Å². The Labute approximate surface area is 180 Å². The quantitative estimate of drug-likeness (QED) is 0.590. The molecule has 166 valence electrons. The highest BCUT2D eigenvalue weighted by Gasteiger charge is 2.50. The van der Waals surface area contributed by atoms with Crippen molar-refractivity contribution in [1.29, 1.82) is 0 Å². The van der Waals surface area contributed by atoms with Crippen molar-refractivity contribution in [3.8, 4) is 11.5 Å². The van der Waals surface area contributed by atoms with E-state index in [1.807, 2.05) is 23.1 Å². The molecule has 0 aromatic heterocycles. The number of rotatable bonds is 10. The van der Waals surface area contributed by atoms with Crippen molar-refractivity contribution >= 4 is 11.8 Å². The Morgan fingerprint density at radius 1 is 1.23 bits per heavy atom. The number of carbonyl (C=O) groups is 2. The van der Waals surface area contributed by atoms with Crippen LogP contribution in [0.3, 0.4) is 0 Å². The minimum absolute atomic E-state index is 0.142. The molecule has 4 atom stereocenters. The van der Waals surface area contributed by atoms with Crippen LogP contribution in [-0.4, -0.2) is 43.5 Å². The molecule has 6 nitrogen and oxygen atoms in total. The number of nitrogens with one attached hydrogen (secondary N) is 1. The number of nitrogens with zero attached hydrogens (tertiary/aromatic N) is 1. The number of unbranched alkanes of at least 4 members (excludes halogenated alkanes) is 2. The van der Waals surface area contributed by atoms with Crippen molar-refractivity contribution in [3.63, 3.8) is 0 Å². The Morgan fingerprint density at radius 2 is 2.03 bits per heavy atom. The molecule has 1 saturated carbocycles. The fourth-order valence-corrected chi connectivity index (χ4v) is 5.17. The summed E-state index contributed by atoms with van der Waals surface area (Å²) < 4.78 is 10.8. The molecule has 1 aliphatic heterocycles. The van der Waals surface area contributed by atoms with Crippen LogP contribution in [-0.2, 0) is 16.1 Å². The Balaban J connectivity index is 1.63. The second kappa shape index (κ2) is 10.2. The number of hydrogen-bond acceptors (Lipinski definition) is 4. The molecule has 6 heteroatoms. The molecule has 2 aliphatic rings. The van der Waals surface area contributed by atoms with Crippen LogP contribution < -0.4 is 14.8 Å². The van der Waals surface area contributed by atoms with Crippen LogP contribution >= 0.6 is 0 Å². The number of methoxy groups -OCH3 is 2. The number of carbonyl (C=O) groups excluding carboxylic acids is 2. The molecule has 0 spiro atoms. The zero-order valence-corrected chi connectivity index (χ0v) is 18.8. The SMILES string of the molecule is CCCCCC(=O)NC[C@H]1[C@@H]2CC(=O)N(Cc3ccc(OC)cc3OC)[C@@H]2C[C@@H]1C. The first kappa shape index (κ1) is 22.4. The first-order valence-electron chi connectivity index (χ1n) is 11.3. The maximum atomic E-state index is 12.9. The van der Waals surface area contributed by atoms with Gasteiger partial charge in [-0.3, -0.25) is 9.59 Å². The predicted octanol–water partition coefficient (Wildman–Crippen LogP) is 3.77. The van der Waals surface area contributed by atoms with Crippen LogP contribution in [0.1, 0.15) is 57.9 Å². The number of hydrogen-bond donors (Lipinski definition) is 1. The smallest absolute Gasteiger partial charge is 0.223 e. The van der Waals surface area contributed by atoms with Crippen LogP contribution in [0.2, 0.25) is 0 Å². The Bertz CT molecular complexity index is 751. The molecule has 1 aromatic carbocycles. The van der Waals surface area contributed by atoms with Crippen molar-refractivity contribution in [2.75, 3.05) is 20.8 Å². The second-order valence-corrected chi connectivity index (χ2v) is 8.77. The van der Waals surface area contributed by atoms with Gasteiger partial charge in [0.25, 0.3) is 0 Å². The Hall–Kier alpha value is -2.24. The van der Waals surface area contributed by atoms with Gasteiger partial charge in [-0.25, -0.2) is 0 Å². The van der Waals surface area contributed by atoms with Gasteiger partial charge in [0.05, 0.1) is 14.2 Å². The average Bonchev–Trinajstić information content (AvgIpc) is 3.20. The molecule has 2 amide bonds. The third-order valence-corrected chi connectivity index (χ3v) is 6.90. The fraction of sp³-hybridized carbons (Fsp3) is 0.667. The summed E-state index contributed by atoms with van der Waals surface area (Å²) in [7, 11) is 3.27. The fourth-order valence-electron chi connectivity index (χ4n) is 5.17. The van der Waals surface area contributed by atoms with Crippen LogP contribution in [0.4, 0.5) is 0 Å². The number of benzene rings is 1. The van der Waals surface area contributed by atoms with Gasteiger partial charge in [0, 0.05) is 43.6 Å². The summed E-state index contributed by atoms with van der Waals surface area (Å²) in [5.74, 6) is 2.99. The van der Waals surface area contributed by atoms with Crippen LogP contribution in [0.25, 0.3) is 0 Å². The van der Waals surface area contributed by atoms with Gasteiger partial charge < -0.3 is 19.7 Å². The van der Waals surface area contributed by atoms with Gasteiger partial charge in [-0.05, 0) is 42.7 Å². The summed E-state index contributed by atoms with van der Waals surface area (Å²) in [6, 6.07) is 5.98. The van der Waals surface area contributed by atoms with Crippen molar-refractivity contribution in [3.05, 3.63) is 23.8 Å². The molecule has 2 fully saturated rings. The maximum absolute atomic E-state index is 12.9. The topological polar surface area (TPSA) is 67.9 Å². The molecule has 1 N–H and O–H groups in total. The Kier molecular flexibility index (Phi) is 7.62. The molecule has 30 heavy (non-hydrogen) atoms. The van der Waals surface area contributed by atoms with Gasteiger partial charge in [-0.2, -0.15) is 0 Å². The molecule has 1 heterocycles. The van der Waals surface area contributed by atoms with E-state index in [0.717, 1.165) is 42.7 Å². The highest BCUT2D eigenvalue weighted by molar-refractivity contribution is 5.80. The lowest BCUT2D eigenvalue weighted by Gasteiger charge is -2.25. The average molecular weight is 417 g/mol. The lowest BCUT2D eigenvalue weighted by Crippen LogP contribution is -2.34. The van der Waals surface area contributed by atoms with E-state index in [1.165, 1.54) is 0 Å². The lowest BCUT2D eigenvalue weighted by atomic mass is 9.88. The molecule has 1 saturated heterocycles. The molecule has 0 unspecified atom stereocenters. The third-order valence-electron chi connectivity index (χ3n) is 6.90. The molecule has 0 radical (unpaired) electrons. The van der Waals surface area contributed by atoms with Crippen molar-refractivity contribution < 1.29 is 19.1 Å². The number of amides is 2. The summed E-state index contributed by atoms with van der Waals surface area (Å²) >= 11 is 0. The highest BCUT2D eigenvalue weighted by atomic mass is 16.5. The zero-order chi connectivity index (χ0) is 21.7. The minimum atomic E-state index is 0.142. The van der Waals surface area contributed by atoms with Crippen LogP contribution in [0.5, 0.6) is 11.5 Å². The van der Waals surface area contributed by atoms with E-state index in [1.54, 1.807) is 14.2 Å². The molecule has 1 aromatic rings. The van der Waals surface area contributed by atoms with E-state index in [9.17, 15) is 9.59 Å². The molecule has 0 bridgehead atoms. The monoisotopic (exact) mass is 416 g/mol. The first-order valence-corrected chi connectivity index (χ1v) is 11.3. The van der Waals surface area contributed by atoms with Gasteiger partial charge >= 0.3 is 0 Å². The predicted molar refractivity (Wildman–Crippen MR) is 116 cm³/mol. The molecule has 3 rings (SSSR count). The molecular weight excluding hydrogens is 380 g/mol. The summed E-state index contributed by atoms with van der Waals surface area (Å²) in [6.07, 6.45) is 5.33. The summed E-state index contributed by atoms with van der Waals surface area (Å²) in [4.78, 5) is 27.0. The van der Waals surface area contributed by atoms with Crippen LogP contribution in [0, 0.1) is 17.8 Å². The molecular formula is C24H36N2O4. The van der Waals surface area contributed by atoms with E-state index in [4.69, 9.17) is 9.47 Å². The molecule has 1 aliphatic carbocycles. The number of fused-ring (bicyclic) bond motifs is 1. The third kappa shape index (κ3) is 4.90. The van der Waals surface area contributed by atoms with Crippen molar-refractivity contribution in [1.82, 2.24) is 10.2 Å². The summed E-state index contributed by atoms with van der Waals surface area (Å²) in [6.45, 7) is 5.63.